The standard InChI is InChI=1S/C12H20N2S2/c1-3-14(9-10(2)12(13)15)7-6-11-5-4-8-16-11/h4-5,8,10H,3,6-7,9H2,1-2H3,(H2,13,15). The van der Waals surface area contributed by atoms with Crippen molar-refractivity contribution in [3.8, 4) is 0 Å². The first-order valence-electron chi connectivity index (χ1n) is 5.67. The van der Waals surface area contributed by atoms with Gasteiger partial charge in [-0.2, -0.15) is 0 Å². The molecular formula is C12H20N2S2. The van der Waals surface area contributed by atoms with Gasteiger partial charge in [0.05, 0.1) is 4.99 Å². The summed E-state index contributed by atoms with van der Waals surface area (Å²) in [4.78, 5) is 4.47. The van der Waals surface area contributed by atoms with Crippen molar-refractivity contribution in [3.63, 3.8) is 0 Å². The zero-order valence-electron chi connectivity index (χ0n) is 9.98. The quantitative estimate of drug-likeness (QED) is 0.760. The number of nitrogens with zero attached hydrogens (tertiary/aromatic N) is 1. The molecule has 0 aliphatic rings. The molecular weight excluding hydrogens is 236 g/mol. The Bertz CT molecular complexity index is 309. The summed E-state index contributed by atoms with van der Waals surface area (Å²) in [6.07, 6.45) is 1.12. The predicted molar refractivity (Wildman–Crippen MR) is 76.1 cm³/mol. The van der Waals surface area contributed by atoms with Crippen LogP contribution in [0.1, 0.15) is 18.7 Å². The highest BCUT2D eigenvalue weighted by molar-refractivity contribution is 7.80. The number of nitrogens with two attached hydrogens (primary N) is 1. The summed E-state index contributed by atoms with van der Waals surface area (Å²) in [6, 6.07) is 4.30. The molecule has 1 rings (SSSR count). The maximum Gasteiger partial charge on any atom is 0.0768 e. The van der Waals surface area contributed by atoms with Crippen LogP contribution in [0.2, 0.25) is 0 Å². The maximum absolute atomic E-state index is 5.64. The van der Waals surface area contributed by atoms with Crippen molar-refractivity contribution in [2.45, 2.75) is 20.3 Å². The van der Waals surface area contributed by atoms with E-state index in [4.69, 9.17) is 18.0 Å². The minimum absolute atomic E-state index is 0.304. The van der Waals surface area contributed by atoms with Crippen LogP contribution in [0.4, 0.5) is 0 Å². The van der Waals surface area contributed by atoms with Gasteiger partial charge in [0.25, 0.3) is 0 Å². The summed E-state index contributed by atoms with van der Waals surface area (Å²) in [6.45, 7) is 7.39. The first kappa shape index (κ1) is 13.6. The van der Waals surface area contributed by atoms with E-state index in [9.17, 15) is 0 Å². The Kier molecular flexibility index (Phi) is 5.95. The third-order valence-electron chi connectivity index (χ3n) is 2.72. The molecule has 0 aromatic carbocycles. The van der Waals surface area contributed by atoms with Gasteiger partial charge in [0.15, 0.2) is 0 Å². The molecule has 1 unspecified atom stereocenters. The monoisotopic (exact) mass is 256 g/mol. The Balaban J connectivity index is 2.34. The van der Waals surface area contributed by atoms with Gasteiger partial charge in [-0.05, 0) is 24.4 Å². The lowest BCUT2D eigenvalue weighted by atomic mass is 10.1. The molecule has 0 aliphatic heterocycles. The number of thiocarbonyl (C=S) groups is 1. The second-order valence-corrected chi connectivity index (χ2v) is 5.53. The van der Waals surface area contributed by atoms with E-state index in [1.54, 1.807) is 0 Å². The SMILES string of the molecule is CCN(CCc1cccs1)CC(C)C(N)=S. The molecule has 0 amide bonds. The minimum atomic E-state index is 0.304. The number of hydrogen-bond donors (Lipinski definition) is 1. The van der Waals surface area contributed by atoms with E-state index in [0.717, 1.165) is 26.1 Å². The van der Waals surface area contributed by atoms with Crippen LogP contribution in [0.3, 0.4) is 0 Å². The molecule has 1 aromatic heterocycles. The fourth-order valence-corrected chi connectivity index (χ4v) is 2.35. The van der Waals surface area contributed by atoms with E-state index >= 15 is 0 Å². The second kappa shape index (κ2) is 6.99. The molecule has 0 spiro atoms. The lowest BCUT2D eigenvalue weighted by Gasteiger charge is -2.23. The van der Waals surface area contributed by atoms with Gasteiger partial charge in [0, 0.05) is 23.9 Å². The van der Waals surface area contributed by atoms with Gasteiger partial charge < -0.3 is 10.6 Å². The fourth-order valence-electron chi connectivity index (χ4n) is 1.58. The molecule has 1 aromatic rings. The van der Waals surface area contributed by atoms with Crippen molar-refractivity contribution in [2.75, 3.05) is 19.6 Å². The first-order valence-corrected chi connectivity index (χ1v) is 6.96. The average molecular weight is 256 g/mol. The van der Waals surface area contributed by atoms with Gasteiger partial charge in [0.1, 0.15) is 0 Å². The summed E-state index contributed by atoms with van der Waals surface area (Å²) in [5, 5.41) is 2.13. The lowest BCUT2D eigenvalue weighted by Crippen LogP contribution is -2.35. The molecule has 0 saturated heterocycles. The molecule has 0 radical (unpaired) electrons. The highest BCUT2D eigenvalue weighted by atomic mass is 32.1. The van der Waals surface area contributed by atoms with E-state index in [-0.39, 0.29) is 0 Å². The Morgan fingerprint density at radius 1 is 1.62 bits per heavy atom. The molecule has 90 valence electrons. The number of likely N-dealkylation sites (N-methyl/N-ethyl adjacent to an activating group) is 1. The fraction of sp³-hybridized carbons (Fsp3) is 0.583. The van der Waals surface area contributed by atoms with Crippen molar-refractivity contribution in [2.24, 2.45) is 11.7 Å². The largest absolute Gasteiger partial charge is 0.393 e. The van der Waals surface area contributed by atoms with Crippen LogP contribution in [-0.2, 0) is 6.42 Å². The van der Waals surface area contributed by atoms with E-state index in [1.165, 1.54) is 4.88 Å². The van der Waals surface area contributed by atoms with E-state index in [0.29, 0.717) is 10.9 Å². The second-order valence-electron chi connectivity index (χ2n) is 4.03. The lowest BCUT2D eigenvalue weighted by molar-refractivity contribution is 0.276. The van der Waals surface area contributed by atoms with Crippen LogP contribution < -0.4 is 5.73 Å². The molecule has 1 atom stereocenters. The zero-order valence-corrected chi connectivity index (χ0v) is 11.6. The van der Waals surface area contributed by atoms with Crippen LogP contribution in [-0.4, -0.2) is 29.5 Å². The molecule has 0 aliphatic carbocycles. The maximum atomic E-state index is 5.64. The average Bonchev–Trinajstić information content (AvgIpc) is 2.76. The topological polar surface area (TPSA) is 29.3 Å². The van der Waals surface area contributed by atoms with Gasteiger partial charge in [-0.15, -0.1) is 11.3 Å². The molecule has 0 saturated carbocycles. The smallest absolute Gasteiger partial charge is 0.0768 e. The number of rotatable bonds is 7. The Morgan fingerprint density at radius 2 is 2.38 bits per heavy atom. The Morgan fingerprint density at radius 3 is 2.88 bits per heavy atom. The van der Waals surface area contributed by atoms with Crippen LogP contribution in [0, 0.1) is 5.92 Å². The number of hydrogen-bond acceptors (Lipinski definition) is 3. The van der Waals surface area contributed by atoms with Crippen molar-refractivity contribution in [3.05, 3.63) is 22.4 Å². The van der Waals surface area contributed by atoms with Gasteiger partial charge in [-0.3, -0.25) is 0 Å². The summed E-state index contributed by atoms with van der Waals surface area (Å²) in [5.41, 5.74) is 5.64. The van der Waals surface area contributed by atoms with Crippen molar-refractivity contribution >= 4 is 28.5 Å². The Hall–Kier alpha value is -0.450. The van der Waals surface area contributed by atoms with E-state index in [2.05, 4.69) is 36.3 Å². The number of thiophene rings is 1. The van der Waals surface area contributed by atoms with Crippen molar-refractivity contribution in [1.29, 1.82) is 0 Å². The molecule has 1 heterocycles. The summed E-state index contributed by atoms with van der Waals surface area (Å²) < 4.78 is 0. The minimum Gasteiger partial charge on any atom is -0.393 e. The third-order valence-corrected chi connectivity index (χ3v) is 4.06. The van der Waals surface area contributed by atoms with Crippen molar-refractivity contribution < 1.29 is 0 Å². The first-order chi connectivity index (χ1) is 7.63. The predicted octanol–water partition coefficient (Wildman–Crippen LogP) is 2.53. The summed E-state index contributed by atoms with van der Waals surface area (Å²) in [5.74, 6) is 0.304. The normalized spacial score (nSPS) is 12.9. The van der Waals surface area contributed by atoms with Gasteiger partial charge >= 0.3 is 0 Å². The van der Waals surface area contributed by atoms with Crippen LogP contribution in [0.25, 0.3) is 0 Å². The van der Waals surface area contributed by atoms with E-state index in [1.807, 2.05) is 11.3 Å². The van der Waals surface area contributed by atoms with Crippen LogP contribution in [0.15, 0.2) is 17.5 Å². The molecule has 0 bridgehead atoms. The van der Waals surface area contributed by atoms with E-state index < -0.39 is 0 Å². The van der Waals surface area contributed by atoms with Crippen LogP contribution >= 0.6 is 23.6 Å². The molecule has 2 N–H and O–H groups in total. The van der Waals surface area contributed by atoms with Crippen molar-refractivity contribution in [1.82, 2.24) is 4.90 Å². The van der Waals surface area contributed by atoms with Crippen LogP contribution in [0.5, 0.6) is 0 Å². The highest BCUT2D eigenvalue weighted by Gasteiger charge is 2.10. The molecule has 4 heteroatoms. The summed E-state index contributed by atoms with van der Waals surface area (Å²) >= 11 is 6.82. The molecule has 0 fully saturated rings. The van der Waals surface area contributed by atoms with Gasteiger partial charge in [-0.25, -0.2) is 0 Å². The summed E-state index contributed by atoms with van der Waals surface area (Å²) in [7, 11) is 0. The zero-order chi connectivity index (χ0) is 12.0. The highest BCUT2D eigenvalue weighted by Crippen LogP contribution is 2.10. The Labute approximate surface area is 107 Å². The van der Waals surface area contributed by atoms with Gasteiger partial charge in [0.2, 0.25) is 0 Å². The third kappa shape index (κ3) is 4.60. The molecule has 2 nitrogen and oxygen atoms in total. The van der Waals surface area contributed by atoms with Gasteiger partial charge in [-0.1, -0.05) is 32.1 Å². The molecule has 16 heavy (non-hydrogen) atoms.